The summed E-state index contributed by atoms with van der Waals surface area (Å²) in [6.45, 7) is 2.48. The average Bonchev–Trinajstić information content (AvgIpc) is 3.07. The van der Waals surface area contributed by atoms with E-state index < -0.39 is 0 Å². The molecule has 1 aliphatic carbocycles. The summed E-state index contributed by atoms with van der Waals surface area (Å²) in [7, 11) is 3.80. The number of fused-ring (bicyclic) bond motifs is 2. The fourth-order valence-corrected chi connectivity index (χ4v) is 4.03. The van der Waals surface area contributed by atoms with Crippen molar-refractivity contribution in [3.63, 3.8) is 0 Å². The van der Waals surface area contributed by atoms with Crippen molar-refractivity contribution in [3.05, 3.63) is 45.9 Å². The minimum Gasteiger partial charge on any atom is -0.352 e. The van der Waals surface area contributed by atoms with Gasteiger partial charge >= 0.3 is 0 Å². The van der Waals surface area contributed by atoms with Crippen molar-refractivity contribution in [1.82, 2.24) is 34.3 Å². The standard InChI is InChI=1S/C19H24N8O/c1-24-7-8-27-17(22-23-18(27)19(24)28)12-25(2)14-10-26(11-14)16-9-13-5-3-4-6-15(13)20-21-16/h7-9,14H,3-6,10-12H2,1-2H3. The summed E-state index contributed by atoms with van der Waals surface area (Å²) in [5, 5.41) is 17.2. The first-order valence-corrected chi connectivity index (χ1v) is 9.80. The lowest BCUT2D eigenvalue weighted by molar-refractivity contribution is 0.191. The summed E-state index contributed by atoms with van der Waals surface area (Å²) in [6.07, 6.45) is 8.23. The van der Waals surface area contributed by atoms with Crippen molar-refractivity contribution in [3.8, 4) is 0 Å². The van der Waals surface area contributed by atoms with Crippen molar-refractivity contribution in [2.45, 2.75) is 38.3 Å². The zero-order chi connectivity index (χ0) is 19.3. The van der Waals surface area contributed by atoms with Gasteiger partial charge in [0, 0.05) is 38.6 Å². The van der Waals surface area contributed by atoms with E-state index in [0.29, 0.717) is 18.2 Å². The maximum Gasteiger partial charge on any atom is 0.295 e. The Balaban J connectivity index is 1.26. The molecule has 0 saturated carbocycles. The van der Waals surface area contributed by atoms with Gasteiger partial charge in [-0.15, -0.1) is 15.3 Å². The van der Waals surface area contributed by atoms with Crippen LogP contribution in [0.15, 0.2) is 23.3 Å². The molecule has 1 saturated heterocycles. The Morgan fingerprint density at radius 2 is 1.93 bits per heavy atom. The zero-order valence-corrected chi connectivity index (χ0v) is 16.2. The molecule has 0 unspecified atom stereocenters. The van der Waals surface area contributed by atoms with Gasteiger partial charge in [-0.3, -0.25) is 14.1 Å². The van der Waals surface area contributed by atoms with Crippen LogP contribution in [0.2, 0.25) is 0 Å². The van der Waals surface area contributed by atoms with Gasteiger partial charge < -0.3 is 9.47 Å². The highest BCUT2D eigenvalue weighted by atomic mass is 16.1. The molecule has 0 bridgehead atoms. The molecule has 146 valence electrons. The predicted octanol–water partition coefficient (Wildman–Crippen LogP) is 0.417. The summed E-state index contributed by atoms with van der Waals surface area (Å²) >= 11 is 0. The van der Waals surface area contributed by atoms with Gasteiger partial charge in [0.25, 0.3) is 5.56 Å². The van der Waals surface area contributed by atoms with Gasteiger partial charge in [0.05, 0.1) is 12.2 Å². The normalized spacial score (nSPS) is 17.2. The van der Waals surface area contributed by atoms with Crippen LogP contribution in [0.25, 0.3) is 5.65 Å². The van der Waals surface area contributed by atoms with Gasteiger partial charge in [0.15, 0.2) is 11.6 Å². The molecule has 2 aliphatic rings. The van der Waals surface area contributed by atoms with Crippen molar-refractivity contribution in [2.75, 3.05) is 25.0 Å². The maximum absolute atomic E-state index is 12.1. The van der Waals surface area contributed by atoms with Crippen molar-refractivity contribution >= 4 is 11.5 Å². The average molecular weight is 380 g/mol. The number of aryl methyl sites for hydroxylation is 3. The molecule has 1 aliphatic heterocycles. The number of likely N-dealkylation sites (N-methyl/N-ethyl adjacent to an activating group) is 1. The number of aromatic nitrogens is 6. The summed E-state index contributed by atoms with van der Waals surface area (Å²) in [5.74, 6) is 1.77. The van der Waals surface area contributed by atoms with Crippen LogP contribution >= 0.6 is 0 Å². The Labute approximate surface area is 162 Å². The molecule has 28 heavy (non-hydrogen) atoms. The molecular weight excluding hydrogens is 356 g/mol. The number of anilines is 1. The van der Waals surface area contributed by atoms with Crippen molar-refractivity contribution in [1.29, 1.82) is 0 Å². The van der Waals surface area contributed by atoms with Crippen molar-refractivity contribution in [2.24, 2.45) is 7.05 Å². The second-order valence-corrected chi connectivity index (χ2v) is 7.88. The van der Waals surface area contributed by atoms with E-state index in [1.165, 1.54) is 28.7 Å². The highest BCUT2D eigenvalue weighted by Gasteiger charge is 2.32. The van der Waals surface area contributed by atoms with Crippen LogP contribution in [0.3, 0.4) is 0 Å². The number of nitrogens with zero attached hydrogens (tertiary/aromatic N) is 8. The summed E-state index contributed by atoms with van der Waals surface area (Å²) in [5.41, 5.74) is 2.77. The number of hydrogen-bond acceptors (Lipinski definition) is 7. The van der Waals surface area contributed by atoms with E-state index in [1.54, 1.807) is 17.6 Å². The highest BCUT2D eigenvalue weighted by molar-refractivity contribution is 5.45. The molecular formula is C19H24N8O. The van der Waals surface area contributed by atoms with E-state index in [9.17, 15) is 4.79 Å². The van der Waals surface area contributed by atoms with Gasteiger partial charge in [-0.2, -0.15) is 5.10 Å². The Morgan fingerprint density at radius 1 is 1.11 bits per heavy atom. The first-order valence-electron chi connectivity index (χ1n) is 9.80. The fraction of sp³-hybridized carbons (Fsp3) is 0.526. The third kappa shape index (κ3) is 2.86. The lowest BCUT2D eigenvalue weighted by atomic mass is 9.96. The second kappa shape index (κ2) is 6.66. The molecule has 1 fully saturated rings. The smallest absolute Gasteiger partial charge is 0.295 e. The number of rotatable bonds is 4. The zero-order valence-electron chi connectivity index (χ0n) is 16.2. The van der Waals surface area contributed by atoms with E-state index in [4.69, 9.17) is 0 Å². The Bertz CT molecular complexity index is 1080. The van der Waals surface area contributed by atoms with Crippen LogP contribution in [-0.4, -0.2) is 60.4 Å². The molecule has 0 spiro atoms. The van der Waals surface area contributed by atoms with E-state index in [-0.39, 0.29) is 5.56 Å². The minimum atomic E-state index is -0.135. The van der Waals surface area contributed by atoms with Crippen LogP contribution in [-0.2, 0) is 26.4 Å². The molecule has 0 N–H and O–H groups in total. The molecule has 0 atom stereocenters. The largest absolute Gasteiger partial charge is 0.352 e. The quantitative estimate of drug-likeness (QED) is 0.648. The molecule has 0 aromatic carbocycles. The highest BCUT2D eigenvalue weighted by Crippen LogP contribution is 2.26. The van der Waals surface area contributed by atoms with Crippen LogP contribution in [0.1, 0.15) is 29.9 Å². The Morgan fingerprint density at radius 3 is 2.79 bits per heavy atom. The lowest BCUT2D eigenvalue weighted by Gasteiger charge is -2.44. The van der Waals surface area contributed by atoms with E-state index in [1.807, 2.05) is 6.20 Å². The van der Waals surface area contributed by atoms with Crippen LogP contribution < -0.4 is 10.5 Å². The molecule has 0 amide bonds. The molecule has 3 aromatic rings. The molecule has 4 heterocycles. The van der Waals surface area contributed by atoms with Gasteiger partial charge in [-0.25, -0.2) is 0 Å². The van der Waals surface area contributed by atoms with Gasteiger partial charge in [-0.05, 0) is 44.4 Å². The molecule has 0 radical (unpaired) electrons. The van der Waals surface area contributed by atoms with Crippen LogP contribution in [0.5, 0.6) is 0 Å². The second-order valence-electron chi connectivity index (χ2n) is 7.88. The van der Waals surface area contributed by atoms with Gasteiger partial charge in [-0.1, -0.05) is 0 Å². The van der Waals surface area contributed by atoms with Crippen LogP contribution in [0.4, 0.5) is 5.82 Å². The van der Waals surface area contributed by atoms with Gasteiger partial charge in [0.1, 0.15) is 0 Å². The summed E-state index contributed by atoms with van der Waals surface area (Å²) in [6, 6.07) is 2.64. The van der Waals surface area contributed by atoms with E-state index >= 15 is 0 Å². The van der Waals surface area contributed by atoms with Crippen LogP contribution in [0, 0.1) is 0 Å². The van der Waals surface area contributed by atoms with E-state index in [0.717, 1.165) is 37.6 Å². The SMILES string of the molecule is CN(Cc1nnc2c(=O)n(C)ccn12)C1CN(c2cc3c(nn2)CCCC3)C1. The predicted molar refractivity (Wildman–Crippen MR) is 104 cm³/mol. The molecule has 9 nitrogen and oxygen atoms in total. The molecule has 3 aromatic heterocycles. The third-order valence-electron chi connectivity index (χ3n) is 5.97. The third-order valence-corrected chi connectivity index (χ3v) is 5.97. The topological polar surface area (TPSA) is 84.5 Å². The summed E-state index contributed by atoms with van der Waals surface area (Å²) in [4.78, 5) is 16.7. The minimum absolute atomic E-state index is 0.135. The van der Waals surface area contributed by atoms with Crippen molar-refractivity contribution < 1.29 is 0 Å². The molecule has 5 rings (SSSR count). The van der Waals surface area contributed by atoms with Gasteiger partial charge in [0.2, 0.25) is 5.65 Å². The Kier molecular flexibility index (Phi) is 4.12. The monoisotopic (exact) mass is 380 g/mol. The Hall–Kier alpha value is -2.81. The molecule has 9 heteroatoms. The first kappa shape index (κ1) is 17.3. The van der Waals surface area contributed by atoms with E-state index in [2.05, 4.69) is 43.3 Å². The number of hydrogen-bond donors (Lipinski definition) is 0. The first-order chi connectivity index (χ1) is 13.6. The lowest BCUT2D eigenvalue weighted by Crippen LogP contribution is -2.58. The fourth-order valence-electron chi connectivity index (χ4n) is 4.03. The maximum atomic E-state index is 12.1. The summed E-state index contributed by atoms with van der Waals surface area (Å²) < 4.78 is 3.30.